The minimum atomic E-state index is -0.0116. The van der Waals surface area contributed by atoms with Crippen molar-refractivity contribution in [2.24, 2.45) is 0 Å². The first kappa shape index (κ1) is 14.2. The van der Waals surface area contributed by atoms with Gasteiger partial charge in [-0.1, -0.05) is 6.07 Å². The molecule has 5 nitrogen and oxygen atoms in total. The zero-order chi connectivity index (χ0) is 15.0. The van der Waals surface area contributed by atoms with E-state index in [1.54, 1.807) is 10.5 Å². The van der Waals surface area contributed by atoms with Crippen LogP contribution >= 0.6 is 0 Å². The molecule has 0 aliphatic carbocycles. The van der Waals surface area contributed by atoms with E-state index in [2.05, 4.69) is 23.7 Å². The van der Waals surface area contributed by atoms with Gasteiger partial charge in [0.25, 0.3) is 5.56 Å². The van der Waals surface area contributed by atoms with Crippen LogP contribution in [0.25, 0.3) is 5.65 Å². The Balaban J connectivity index is 1.90. The van der Waals surface area contributed by atoms with E-state index >= 15 is 0 Å². The molecule has 0 radical (unpaired) electrons. The molecule has 3 heterocycles. The van der Waals surface area contributed by atoms with Crippen molar-refractivity contribution in [1.29, 1.82) is 0 Å². The minimum absolute atomic E-state index is 0.0116. The summed E-state index contributed by atoms with van der Waals surface area (Å²) in [6.07, 6.45) is 0.440. The highest BCUT2D eigenvalue weighted by Gasteiger charge is 2.22. The highest BCUT2D eigenvalue weighted by atomic mass is 16.5. The lowest BCUT2D eigenvalue weighted by Gasteiger charge is -2.35. The van der Waals surface area contributed by atoms with Crippen molar-refractivity contribution in [1.82, 2.24) is 14.3 Å². The minimum Gasteiger partial charge on any atom is -0.373 e. The Labute approximate surface area is 124 Å². The van der Waals surface area contributed by atoms with E-state index < -0.39 is 0 Å². The molecule has 2 aromatic heterocycles. The van der Waals surface area contributed by atoms with Gasteiger partial charge in [0.15, 0.2) is 0 Å². The Bertz CT molecular complexity index is 700. The van der Waals surface area contributed by atoms with E-state index in [-0.39, 0.29) is 17.8 Å². The number of morpholine rings is 1. The number of nitrogens with zero attached hydrogens (tertiary/aromatic N) is 3. The molecule has 1 aliphatic heterocycles. The average Bonchev–Trinajstić information content (AvgIpc) is 2.36. The predicted molar refractivity (Wildman–Crippen MR) is 81.5 cm³/mol. The predicted octanol–water partition coefficient (Wildman–Crippen LogP) is 1.61. The molecule has 1 fully saturated rings. The summed E-state index contributed by atoms with van der Waals surface area (Å²) >= 11 is 0. The van der Waals surface area contributed by atoms with Crippen molar-refractivity contribution in [2.45, 2.75) is 39.5 Å². The zero-order valence-corrected chi connectivity index (χ0v) is 12.7. The maximum atomic E-state index is 12.3. The molecule has 0 spiro atoms. The lowest BCUT2D eigenvalue weighted by atomic mass is 10.2. The SMILES string of the molecule is Cc1cccc2nc(CN3C[C@@H](C)O[C@H](C)C3)cc(=O)n12. The average molecular weight is 287 g/mol. The lowest BCUT2D eigenvalue weighted by Crippen LogP contribution is -2.45. The second-order valence-corrected chi connectivity index (χ2v) is 5.90. The van der Waals surface area contributed by atoms with Crippen molar-refractivity contribution in [3.63, 3.8) is 0 Å². The van der Waals surface area contributed by atoms with Crippen molar-refractivity contribution in [3.05, 3.63) is 46.0 Å². The Morgan fingerprint density at radius 2 is 2.00 bits per heavy atom. The maximum absolute atomic E-state index is 12.3. The summed E-state index contributed by atoms with van der Waals surface area (Å²) in [5, 5.41) is 0. The molecule has 0 N–H and O–H groups in total. The summed E-state index contributed by atoms with van der Waals surface area (Å²) in [4.78, 5) is 19.2. The number of ether oxygens (including phenoxy) is 1. The number of aryl methyl sites for hydroxylation is 1. The van der Waals surface area contributed by atoms with Gasteiger partial charge in [0.2, 0.25) is 0 Å². The standard InChI is InChI=1S/C16H21N3O2/c1-11-5-4-6-15-17-14(7-16(20)19(11)15)10-18-8-12(2)21-13(3)9-18/h4-7,12-13H,8-10H2,1-3H3/t12-,13-/m1/s1. The molecule has 112 valence electrons. The van der Waals surface area contributed by atoms with Crippen molar-refractivity contribution < 1.29 is 4.74 Å². The first-order chi connectivity index (χ1) is 10.0. The summed E-state index contributed by atoms with van der Waals surface area (Å²) in [5.74, 6) is 0. The van der Waals surface area contributed by atoms with Crippen LogP contribution in [0.4, 0.5) is 0 Å². The summed E-state index contributed by atoms with van der Waals surface area (Å²) in [6, 6.07) is 7.37. The largest absolute Gasteiger partial charge is 0.373 e. The van der Waals surface area contributed by atoms with Gasteiger partial charge in [0, 0.05) is 31.4 Å². The van der Waals surface area contributed by atoms with Crippen LogP contribution in [-0.2, 0) is 11.3 Å². The second-order valence-electron chi connectivity index (χ2n) is 5.90. The molecular formula is C16H21N3O2. The molecule has 0 aromatic carbocycles. The highest BCUT2D eigenvalue weighted by molar-refractivity contribution is 5.40. The van der Waals surface area contributed by atoms with Crippen molar-refractivity contribution in [3.8, 4) is 0 Å². The monoisotopic (exact) mass is 287 g/mol. The van der Waals surface area contributed by atoms with Crippen LogP contribution in [0.2, 0.25) is 0 Å². The Morgan fingerprint density at radius 3 is 2.71 bits per heavy atom. The molecule has 21 heavy (non-hydrogen) atoms. The van der Waals surface area contributed by atoms with Gasteiger partial charge in [-0.2, -0.15) is 0 Å². The summed E-state index contributed by atoms with van der Waals surface area (Å²) in [7, 11) is 0. The number of fused-ring (bicyclic) bond motifs is 1. The highest BCUT2D eigenvalue weighted by Crippen LogP contribution is 2.13. The third-order valence-electron chi connectivity index (χ3n) is 3.81. The molecule has 1 aliphatic rings. The third-order valence-corrected chi connectivity index (χ3v) is 3.81. The Kier molecular flexibility index (Phi) is 3.78. The molecule has 5 heteroatoms. The van der Waals surface area contributed by atoms with Gasteiger partial charge in [-0.3, -0.25) is 14.1 Å². The number of hydrogen-bond donors (Lipinski definition) is 0. The van der Waals surface area contributed by atoms with E-state index in [0.29, 0.717) is 12.2 Å². The fourth-order valence-corrected chi connectivity index (χ4v) is 3.09. The van der Waals surface area contributed by atoms with Crippen molar-refractivity contribution >= 4 is 5.65 Å². The van der Waals surface area contributed by atoms with Crippen LogP contribution in [0.5, 0.6) is 0 Å². The van der Waals surface area contributed by atoms with E-state index in [4.69, 9.17) is 4.74 Å². The van der Waals surface area contributed by atoms with E-state index in [1.807, 2.05) is 25.1 Å². The molecule has 2 aromatic rings. The summed E-state index contributed by atoms with van der Waals surface area (Å²) < 4.78 is 7.38. The number of rotatable bonds is 2. The topological polar surface area (TPSA) is 46.8 Å². The number of pyridine rings is 1. The first-order valence-electron chi connectivity index (χ1n) is 7.39. The van der Waals surface area contributed by atoms with Gasteiger partial charge in [-0.15, -0.1) is 0 Å². The lowest BCUT2D eigenvalue weighted by molar-refractivity contribution is -0.0707. The summed E-state index contributed by atoms with van der Waals surface area (Å²) in [5.41, 5.74) is 2.44. The second kappa shape index (κ2) is 5.58. The van der Waals surface area contributed by atoms with Gasteiger partial charge >= 0.3 is 0 Å². The molecule has 0 unspecified atom stereocenters. The van der Waals surface area contributed by atoms with E-state index in [9.17, 15) is 4.79 Å². The van der Waals surface area contributed by atoms with Gasteiger partial charge in [-0.25, -0.2) is 4.98 Å². The first-order valence-corrected chi connectivity index (χ1v) is 7.39. The van der Waals surface area contributed by atoms with Crippen LogP contribution in [0.3, 0.4) is 0 Å². The molecule has 2 atom stereocenters. The molecule has 0 amide bonds. The normalized spacial score (nSPS) is 23.6. The van der Waals surface area contributed by atoms with Gasteiger partial charge in [-0.05, 0) is 32.9 Å². The van der Waals surface area contributed by atoms with Crippen LogP contribution < -0.4 is 5.56 Å². The van der Waals surface area contributed by atoms with Crippen LogP contribution in [0.1, 0.15) is 25.2 Å². The molecule has 0 bridgehead atoms. The molecular weight excluding hydrogens is 266 g/mol. The fourth-order valence-electron chi connectivity index (χ4n) is 3.09. The maximum Gasteiger partial charge on any atom is 0.258 e. The molecule has 0 saturated carbocycles. The van der Waals surface area contributed by atoms with Crippen LogP contribution in [0, 0.1) is 6.92 Å². The Morgan fingerprint density at radius 1 is 1.29 bits per heavy atom. The van der Waals surface area contributed by atoms with Gasteiger partial charge in [0.05, 0.1) is 17.9 Å². The molecule has 1 saturated heterocycles. The van der Waals surface area contributed by atoms with Crippen molar-refractivity contribution in [2.75, 3.05) is 13.1 Å². The third kappa shape index (κ3) is 2.99. The van der Waals surface area contributed by atoms with E-state index in [1.165, 1.54) is 0 Å². The number of aromatic nitrogens is 2. The summed E-state index contributed by atoms with van der Waals surface area (Å²) in [6.45, 7) is 8.51. The fraction of sp³-hybridized carbons (Fsp3) is 0.500. The van der Waals surface area contributed by atoms with Crippen LogP contribution in [-0.4, -0.2) is 39.6 Å². The number of hydrogen-bond acceptors (Lipinski definition) is 4. The van der Waals surface area contributed by atoms with E-state index in [0.717, 1.165) is 24.5 Å². The smallest absolute Gasteiger partial charge is 0.258 e. The zero-order valence-electron chi connectivity index (χ0n) is 12.7. The Hall–Kier alpha value is -1.72. The quantitative estimate of drug-likeness (QED) is 0.842. The molecule has 3 rings (SSSR count). The van der Waals surface area contributed by atoms with Gasteiger partial charge in [0.1, 0.15) is 5.65 Å². The van der Waals surface area contributed by atoms with Crippen LogP contribution in [0.15, 0.2) is 29.1 Å². The van der Waals surface area contributed by atoms with Gasteiger partial charge < -0.3 is 4.74 Å².